The van der Waals surface area contributed by atoms with Gasteiger partial charge in [0.2, 0.25) is 0 Å². The Morgan fingerprint density at radius 2 is 2.00 bits per heavy atom. The third-order valence-electron chi connectivity index (χ3n) is 2.41. The molecule has 19 heavy (non-hydrogen) atoms. The second kappa shape index (κ2) is 6.25. The van der Waals surface area contributed by atoms with Crippen molar-refractivity contribution in [2.45, 2.75) is 37.6 Å². The highest BCUT2D eigenvalue weighted by Crippen LogP contribution is 2.46. The summed E-state index contributed by atoms with van der Waals surface area (Å²) in [6.07, 6.45) is -5.91. The van der Waals surface area contributed by atoms with E-state index < -0.39 is 51.0 Å². The first-order valence-electron chi connectivity index (χ1n) is 5.27. The predicted octanol–water partition coefficient (Wildman–Crippen LogP) is -2.57. The van der Waals surface area contributed by atoms with E-state index in [1.165, 1.54) is 0 Å². The molecule has 1 aliphatic rings. The molecular weight excluding hydrogens is 285 g/mol. The molecule has 0 radical (unpaired) electrons. The van der Waals surface area contributed by atoms with Crippen molar-refractivity contribution in [1.29, 1.82) is 0 Å². The van der Waals surface area contributed by atoms with Crippen LogP contribution in [0.4, 0.5) is 0 Å². The summed E-state index contributed by atoms with van der Waals surface area (Å²) < 4.78 is 24.8. The zero-order chi connectivity index (χ0) is 14.8. The van der Waals surface area contributed by atoms with Crippen LogP contribution >= 0.6 is 7.82 Å². The summed E-state index contributed by atoms with van der Waals surface area (Å²) in [6.45, 7) is 0.219. The van der Waals surface area contributed by atoms with Crippen LogP contribution in [0.15, 0.2) is 0 Å². The van der Waals surface area contributed by atoms with Gasteiger partial charge in [0.15, 0.2) is 6.29 Å². The number of ether oxygens (including phenoxy) is 1. The van der Waals surface area contributed by atoms with Crippen LogP contribution < -0.4 is 5.73 Å². The molecule has 0 bridgehead atoms. The fraction of sp³-hybridized carbons (Fsp3) is 0.875. The van der Waals surface area contributed by atoms with Crippen LogP contribution in [-0.2, 0) is 23.1 Å². The number of hydrogen-bond donors (Lipinski definition) is 5. The van der Waals surface area contributed by atoms with Crippen LogP contribution in [0.5, 0.6) is 0 Å². The van der Waals surface area contributed by atoms with Crippen LogP contribution in [0.2, 0.25) is 0 Å². The summed E-state index contributed by atoms with van der Waals surface area (Å²) in [5.41, 5.74) is 5.45. The van der Waals surface area contributed by atoms with Crippen molar-refractivity contribution in [3.8, 4) is 0 Å². The largest absolute Gasteiger partial charge is 0.532 e. The SMILES string of the molecule is CC(=O)OP(=O)(O)OC1O[C@H](CO)[C@@H](O)[C@H](O)[C@H]1N. The van der Waals surface area contributed by atoms with E-state index in [4.69, 9.17) is 15.6 Å². The molecule has 0 aromatic carbocycles. The Morgan fingerprint density at radius 1 is 1.42 bits per heavy atom. The molecule has 6 atom stereocenters. The second-order valence-electron chi connectivity index (χ2n) is 3.94. The monoisotopic (exact) mass is 301 g/mol. The van der Waals surface area contributed by atoms with Crippen LogP contribution in [0, 0.1) is 0 Å². The van der Waals surface area contributed by atoms with Crippen molar-refractivity contribution >= 4 is 13.8 Å². The molecule has 1 saturated heterocycles. The van der Waals surface area contributed by atoms with Gasteiger partial charge in [-0.25, -0.2) is 9.09 Å². The summed E-state index contributed by atoms with van der Waals surface area (Å²) in [5.74, 6) is -1.06. The number of aliphatic hydroxyl groups excluding tert-OH is 3. The van der Waals surface area contributed by atoms with Gasteiger partial charge in [-0.15, -0.1) is 0 Å². The molecule has 0 amide bonds. The topological polar surface area (TPSA) is 169 Å². The number of hydrogen-bond acceptors (Lipinski definition) is 9. The molecule has 10 nitrogen and oxygen atoms in total. The van der Waals surface area contributed by atoms with Gasteiger partial charge in [0, 0.05) is 6.92 Å². The third kappa shape index (κ3) is 4.20. The van der Waals surface area contributed by atoms with Gasteiger partial charge in [-0.1, -0.05) is 0 Å². The molecule has 0 aliphatic carbocycles. The molecular formula is C8H16NO9P. The highest BCUT2D eigenvalue weighted by molar-refractivity contribution is 7.48. The molecule has 0 spiro atoms. The normalized spacial score (nSPS) is 38.5. The lowest BCUT2D eigenvalue weighted by Gasteiger charge is -2.40. The minimum absolute atomic E-state index is 0.673. The third-order valence-corrected chi connectivity index (χ3v) is 3.37. The summed E-state index contributed by atoms with van der Waals surface area (Å²) >= 11 is 0. The van der Waals surface area contributed by atoms with Gasteiger partial charge in [-0.3, -0.25) is 9.69 Å². The number of phosphoric acid groups is 1. The molecule has 1 fully saturated rings. The van der Waals surface area contributed by atoms with E-state index in [1.54, 1.807) is 0 Å². The molecule has 1 heterocycles. The first-order chi connectivity index (χ1) is 8.68. The Morgan fingerprint density at radius 3 is 2.47 bits per heavy atom. The van der Waals surface area contributed by atoms with Crippen molar-refractivity contribution in [3.05, 3.63) is 0 Å². The van der Waals surface area contributed by atoms with E-state index in [0.29, 0.717) is 0 Å². The van der Waals surface area contributed by atoms with Gasteiger partial charge < -0.3 is 30.3 Å². The number of carbonyl (C=O) groups excluding carboxylic acids is 1. The lowest BCUT2D eigenvalue weighted by Crippen LogP contribution is -2.62. The average molecular weight is 301 g/mol. The lowest BCUT2D eigenvalue weighted by atomic mass is 9.98. The molecule has 112 valence electrons. The molecule has 11 heteroatoms. The first-order valence-corrected chi connectivity index (χ1v) is 6.77. The van der Waals surface area contributed by atoms with E-state index in [9.17, 15) is 24.5 Å². The van der Waals surface area contributed by atoms with Crippen LogP contribution in [-0.4, -0.2) is 63.4 Å². The summed E-state index contributed by atoms with van der Waals surface area (Å²) in [7, 11) is -4.77. The summed E-state index contributed by atoms with van der Waals surface area (Å²) in [4.78, 5) is 19.8. The van der Waals surface area contributed by atoms with Crippen molar-refractivity contribution in [2.24, 2.45) is 5.73 Å². The smallest absolute Gasteiger partial charge is 0.394 e. The zero-order valence-corrected chi connectivity index (χ0v) is 10.8. The Labute approximate surface area is 108 Å². The van der Waals surface area contributed by atoms with Crippen LogP contribution in [0.1, 0.15) is 6.92 Å². The fourth-order valence-corrected chi connectivity index (χ4v) is 2.33. The maximum Gasteiger partial charge on any atom is 0.532 e. The molecule has 6 N–H and O–H groups in total. The minimum atomic E-state index is -4.77. The second-order valence-corrected chi connectivity index (χ2v) is 5.27. The molecule has 1 rings (SSSR count). The van der Waals surface area contributed by atoms with Crippen molar-refractivity contribution < 1.29 is 43.4 Å². The summed E-state index contributed by atoms with van der Waals surface area (Å²) in [6, 6.07) is -1.37. The molecule has 1 aliphatic heterocycles. The maximum absolute atomic E-state index is 11.4. The predicted molar refractivity (Wildman–Crippen MR) is 58.4 cm³/mol. The Bertz CT molecular complexity index is 375. The number of aliphatic hydroxyl groups is 3. The van der Waals surface area contributed by atoms with Gasteiger partial charge >= 0.3 is 13.8 Å². The molecule has 2 unspecified atom stereocenters. The van der Waals surface area contributed by atoms with Crippen molar-refractivity contribution in [3.63, 3.8) is 0 Å². The standard InChI is InChI=1S/C8H16NO9P/c1-3(11)17-19(14,15)18-8-5(9)7(13)6(12)4(2-10)16-8/h4-8,10,12-13H,2,9H2,1H3,(H,14,15)/t4-,5-,6-,7-,8?/m1/s1. The highest BCUT2D eigenvalue weighted by atomic mass is 31.2. The van der Waals surface area contributed by atoms with Gasteiger partial charge in [0.1, 0.15) is 18.3 Å². The first kappa shape index (κ1) is 16.5. The fourth-order valence-electron chi connectivity index (χ4n) is 1.51. The Hall–Kier alpha value is -0.580. The zero-order valence-electron chi connectivity index (χ0n) is 9.95. The molecule has 0 aromatic rings. The van der Waals surface area contributed by atoms with E-state index >= 15 is 0 Å². The van der Waals surface area contributed by atoms with Crippen molar-refractivity contribution in [1.82, 2.24) is 0 Å². The number of rotatable bonds is 4. The number of nitrogens with two attached hydrogens (primary N) is 1. The Kier molecular flexibility index (Phi) is 5.42. The minimum Gasteiger partial charge on any atom is -0.394 e. The quantitative estimate of drug-likeness (QED) is 0.348. The van der Waals surface area contributed by atoms with Gasteiger partial charge in [0.05, 0.1) is 12.6 Å². The van der Waals surface area contributed by atoms with Gasteiger partial charge in [-0.05, 0) is 0 Å². The van der Waals surface area contributed by atoms with E-state index in [-0.39, 0.29) is 0 Å². The maximum atomic E-state index is 11.4. The van der Waals surface area contributed by atoms with Crippen LogP contribution in [0.25, 0.3) is 0 Å². The van der Waals surface area contributed by atoms with E-state index in [0.717, 1.165) is 6.92 Å². The Balaban J connectivity index is 2.77. The van der Waals surface area contributed by atoms with Crippen LogP contribution in [0.3, 0.4) is 0 Å². The van der Waals surface area contributed by atoms with E-state index in [2.05, 4.69) is 9.05 Å². The van der Waals surface area contributed by atoms with E-state index in [1.807, 2.05) is 0 Å². The number of carbonyl (C=O) groups is 1. The van der Waals surface area contributed by atoms with Gasteiger partial charge in [-0.2, -0.15) is 0 Å². The van der Waals surface area contributed by atoms with Gasteiger partial charge in [0.25, 0.3) is 0 Å². The average Bonchev–Trinajstić information content (AvgIpc) is 2.28. The lowest BCUT2D eigenvalue weighted by molar-refractivity contribution is -0.243. The summed E-state index contributed by atoms with van der Waals surface area (Å²) in [5, 5.41) is 28.0. The molecule has 0 aromatic heterocycles. The number of phosphoric ester groups is 1. The highest BCUT2D eigenvalue weighted by Gasteiger charge is 2.46. The van der Waals surface area contributed by atoms with Crippen molar-refractivity contribution in [2.75, 3.05) is 6.61 Å². The molecule has 0 saturated carbocycles.